The number of hydrogen-bond donors (Lipinski definition) is 4. The number of carbonyl (C=O) groups is 2. The number of ether oxygens (including phenoxy) is 1. The zero-order chi connectivity index (χ0) is 18.8. The van der Waals surface area contributed by atoms with E-state index in [9.17, 15) is 14.4 Å². The first-order valence-corrected chi connectivity index (χ1v) is 8.64. The molecule has 4 N–H and O–H groups in total. The SMILES string of the molecule is O=C(Nc1ccc2[nH]c(=O)[nH]c2c1)c1cccc(NC(=O)[C@H]2CCCO2)c1. The Labute approximate surface area is 153 Å². The van der Waals surface area contributed by atoms with Crippen LogP contribution in [-0.2, 0) is 9.53 Å². The maximum atomic E-state index is 12.5. The van der Waals surface area contributed by atoms with E-state index in [1.807, 2.05) is 0 Å². The predicted octanol–water partition coefficient (Wildman–Crippen LogP) is 2.23. The minimum absolute atomic E-state index is 0.202. The van der Waals surface area contributed by atoms with Crippen molar-refractivity contribution in [3.05, 3.63) is 58.5 Å². The normalized spacial score (nSPS) is 16.4. The Balaban J connectivity index is 1.47. The molecule has 0 radical (unpaired) electrons. The molecule has 0 saturated carbocycles. The van der Waals surface area contributed by atoms with Gasteiger partial charge in [0.15, 0.2) is 0 Å². The quantitative estimate of drug-likeness (QED) is 0.566. The number of anilines is 2. The summed E-state index contributed by atoms with van der Waals surface area (Å²) in [6, 6.07) is 11.8. The third kappa shape index (κ3) is 3.75. The van der Waals surface area contributed by atoms with Crippen LogP contribution in [0.5, 0.6) is 0 Å². The van der Waals surface area contributed by atoms with Gasteiger partial charge in [-0.2, -0.15) is 0 Å². The highest BCUT2D eigenvalue weighted by molar-refractivity contribution is 6.06. The van der Waals surface area contributed by atoms with E-state index in [1.54, 1.807) is 42.5 Å². The zero-order valence-corrected chi connectivity index (χ0v) is 14.4. The van der Waals surface area contributed by atoms with E-state index in [4.69, 9.17) is 4.74 Å². The van der Waals surface area contributed by atoms with Crippen molar-refractivity contribution < 1.29 is 14.3 Å². The van der Waals surface area contributed by atoms with Gasteiger partial charge < -0.3 is 25.3 Å². The number of fused-ring (bicyclic) bond motifs is 1. The highest BCUT2D eigenvalue weighted by Crippen LogP contribution is 2.18. The number of benzene rings is 2. The van der Waals surface area contributed by atoms with Crippen LogP contribution in [0.2, 0.25) is 0 Å². The average molecular weight is 366 g/mol. The van der Waals surface area contributed by atoms with Crippen molar-refractivity contribution in [1.29, 1.82) is 0 Å². The smallest absolute Gasteiger partial charge is 0.323 e. The summed E-state index contributed by atoms with van der Waals surface area (Å²) in [7, 11) is 0. The van der Waals surface area contributed by atoms with Gasteiger partial charge in [0, 0.05) is 23.5 Å². The predicted molar refractivity (Wildman–Crippen MR) is 101 cm³/mol. The van der Waals surface area contributed by atoms with Gasteiger partial charge in [0.2, 0.25) is 0 Å². The van der Waals surface area contributed by atoms with E-state index in [0.717, 1.165) is 6.42 Å². The highest BCUT2D eigenvalue weighted by atomic mass is 16.5. The molecule has 1 aliphatic heterocycles. The van der Waals surface area contributed by atoms with Gasteiger partial charge in [-0.05, 0) is 49.2 Å². The number of imidazole rings is 1. The molecule has 27 heavy (non-hydrogen) atoms. The molecule has 0 unspecified atom stereocenters. The molecule has 1 aromatic heterocycles. The second kappa shape index (κ2) is 7.08. The number of aromatic amines is 2. The molecule has 2 heterocycles. The van der Waals surface area contributed by atoms with Crippen molar-refractivity contribution in [2.75, 3.05) is 17.2 Å². The maximum Gasteiger partial charge on any atom is 0.323 e. The lowest BCUT2D eigenvalue weighted by atomic mass is 10.1. The van der Waals surface area contributed by atoms with Gasteiger partial charge >= 0.3 is 5.69 Å². The molecular weight excluding hydrogens is 348 g/mol. The van der Waals surface area contributed by atoms with Crippen molar-refractivity contribution in [2.45, 2.75) is 18.9 Å². The summed E-state index contributed by atoms with van der Waals surface area (Å²) in [5, 5.41) is 5.57. The Morgan fingerprint density at radius 1 is 1.00 bits per heavy atom. The highest BCUT2D eigenvalue weighted by Gasteiger charge is 2.23. The van der Waals surface area contributed by atoms with Crippen LogP contribution in [-0.4, -0.2) is 34.5 Å². The molecule has 8 nitrogen and oxygen atoms in total. The fraction of sp³-hybridized carbons (Fsp3) is 0.211. The van der Waals surface area contributed by atoms with Crippen LogP contribution in [0, 0.1) is 0 Å². The first-order valence-electron chi connectivity index (χ1n) is 8.64. The Morgan fingerprint density at radius 2 is 1.81 bits per heavy atom. The summed E-state index contributed by atoms with van der Waals surface area (Å²) in [5.41, 5.74) is 2.46. The van der Waals surface area contributed by atoms with E-state index >= 15 is 0 Å². The lowest BCUT2D eigenvalue weighted by Gasteiger charge is -2.11. The molecule has 2 amide bonds. The second-order valence-electron chi connectivity index (χ2n) is 6.37. The molecule has 8 heteroatoms. The summed E-state index contributed by atoms with van der Waals surface area (Å²) in [6.45, 7) is 0.595. The molecule has 3 aromatic rings. The van der Waals surface area contributed by atoms with Gasteiger partial charge in [-0.15, -0.1) is 0 Å². The minimum atomic E-state index is -0.433. The number of carbonyl (C=O) groups excluding carboxylic acids is 2. The van der Waals surface area contributed by atoms with Crippen LogP contribution in [0.25, 0.3) is 11.0 Å². The monoisotopic (exact) mass is 366 g/mol. The summed E-state index contributed by atoms with van der Waals surface area (Å²) < 4.78 is 5.36. The average Bonchev–Trinajstić information content (AvgIpc) is 3.30. The minimum Gasteiger partial charge on any atom is -0.368 e. The molecule has 138 valence electrons. The fourth-order valence-electron chi connectivity index (χ4n) is 3.06. The number of nitrogens with one attached hydrogen (secondary N) is 4. The molecular formula is C19H18N4O4. The van der Waals surface area contributed by atoms with Crippen molar-refractivity contribution in [3.63, 3.8) is 0 Å². The summed E-state index contributed by atoms with van der Waals surface area (Å²) in [5.74, 6) is -0.521. The van der Waals surface area contributed by atoms with Crippen molar-refractivity contribution in [3.8, 4) is 0 Å². The number of H-pyrrole nitrogens is 2. The standard InChI is InChI=1S/C19H18N4O4/c24-17(20-13-6-7-14-15(10-13)23-19(26)22-14)11-3-1-4-12(9-11)21-18(25)16-5-2-8-27-16/h1,3-4,6-7,9-10,16H,2,5,8H2,(H,20,24)(H,21,25)(H2,22,23,26)/t16-/m1/s1. The van der Waals surface area contributed by atoms with Crippen LogP contribution in [0.3, 0.4) is 0 Å². The van der Waals surface area contributed by atoms with Crippen molar-refractivity contribution in [1.82, 2.24) is 9.97 Å². The second-order valence-corrected chi connectivity index (χ2v) is 6.37. The van der Waals surface area contributed by atoms with Gasteiger partial charge in [0.05, 0.1) is 11.0 Å². The third-order valence-electron chi connectivity index (χ3n) is 4.39. The van der Waals surface area contributed by atoms with Gasteiger partial charge in [-0.3, -0.25) is 9.59 Å². The largest absolute Gasteiger partial charge is 0.368 e. The third-order valence-corrected chi connectivity index (χ3v) is 4.39. The van der Waals surface area contributed by atoms with Crippen molar-refractivity contribution in [2.24, 2.45) is 0 Å². The summed E-state index contributed by atoms with van der Waals surface area (Å²) in [4.78, 5) is 41.3. The van der Waals surface area contributed by atoms with Crippen LogP contribution >= 0.6 is 0 Å². The van der Waals surface area contributed by atoms with E-state index in [-0.39, 0.29) is 17.5 Å². The molecule has 1 saturated heterocycles. The molecule has 1 aliphatic rings. The molecule has 1 fully saturated rings. The molecule has 4 rings (SSSR count). The van der Waals surface area contributed by atoms with E-state index in [1.165, 1.54) is 0 Å². The van der Waals surface area contributed by atoms with Crippen LogP contribution in [0.15, 0.2) is 47.3 Å². The molecule has 0 bridgehead atoms. The lowest BCUT2D eigenvalue weighted by molar-refractivity contribution is -0.124. The summed E-state index contributed by atoms with van der Waals surface area (Å²) in [6.07, 6.45) is 1.14. The van der Waals surface area contributed by atoms with Crippen molar-refractivity contribution >= 4 is 34.2 Å². The van der Waals surface area contributed by atoms with Gasteiger partial charge in [0.25, 0.3) is 11.8 Å². The molecule has 0 spiro atoms. The number of rotatable bonds is 4. The first-order chi connectivity index (χ1) is 13.1. The Bertz CT molecular complexity index is 1060. The molecule has 0 aliphatic carbocycles. The Kier molecular flexibility index (Phi) is 4.47. The topological polar surface area (TPSA) is 116 Å². The van der Waals surface area contributed by atoms with E-state index < -0.39 is 6.10 Å². The van der Waals surface area contributed by atoms with Crippen LogP contribution < -0.4 is 16.3 Å². The van der Waals surface area contributed by atoms with E-state index in [2.05, 4.69) is 20.6 Å². The number of aromatic nitrogens is 2. The van der Waals surface area contributed by atoms with Gasteiger partial charge in [-0.1, -0.05) is 6.07 Å². The van der Waals surface area contributed by atoms with E-state index in [0.29, 0.717) is 41.0 Å². The van der Waals surface area contributed by atoms with Gasteiger partial charge in [-0.25, -0.2) is 4.79 Å². The molecule has 1 atom stereocenters. The van der Waals surface area contributed by atoms with Gasteiger partial charge in [0.1, 0.15) is 6.10 Å². The molecule has 2 aromatic carbocycles. The maximum absolute atomic E-state index is 12.5. The van der Waals surface area contributed by atoms with Crippen LogP contribution in [0.4, 0.5) is 11.4 Å². The number of hydrogen-bond acceptors (Lipinski definition) is 4. The van der Waals surface area contributed by atoms with Crippen LogP contribution in [0.1, 0.15) is 23.2 Å². The zero-order valence-electron chi connectivity index (χ0n) is 14.4. The Morgan fingerprint density at radius 3 is 2.63 bits per heavy atom. The first kappa shape index (κ1) is 17.0. The lowest BCUT2D eigenvalue weighted by Crippen LogP contribution is -2.27. The summed E-state index contributed by atoms with van der Waals surface area (Å²) >= 11 is 0. The fourth-order valence-corrected chi connectivity index (χ4v) is 3.06. The Hall–Kier alpha value is -3.39. The number of amides is 2.